The van der Waals surface area contributed by atoms with Crippen LogP contribution in [0.4, 0.5) is 8.78 Å². The first-order chi connectivity index (χ1) is 14.6. The van der Waals surface area contributed by atoms with Crippen molar-refractivity contribution in [1.29, 1.82) is 0 Å². The van der Waals surface area contributed by atoms with Crippen LogP contribution in [0.15, 0.2) is 67.0 Å². The molecular weight excluding hydrogens is 408 g/mol. The number of aromatic nitrogens is 1. The zero-order valence-corrected chi connectivity index (χ0v) is 16.5. The van der Waals surface area contributed by atoms with Gasteiger partial charge in [0.1, 0.15) is 27.6 Å². The average Bonchev–Trinajstić information content (AvgIpc) is 3.15. The standard InChI is InChI=1S/C22H17F2N3O2S/c23-15-5-6-18(24)16(13-15)20-26-27(21(28)14-7-10-25-11-8-14)22(30-20)9-12-29-19-4-2-1-3-17(19)22/h1-8,10-11,13,20,26H,9,12H2/t20-,22?/m1/s1. The quantitative estimate of drug-likeness (QED) is 0.660. The molecule has 0 bridgehead atoms. The highest BCUT2D eigenvalue weighted by molar-refractivity contribution is 8.00. The fourth-order valence-electron chi connectivity index (χ4n) is 3.89. The summed E-state index contributed by atoms with van der Waals surface area (Å²) in [6.07, 6.45) is 3.58. The van der Waals surface area contributed by atoms with Gasteiger partial charge in [0.15, 0.2) is 0 Å². The molecule has 1 amide bonds. The minimum absolute atomic E-state index is 0.161. The van der Waals surface area contributed by atoms with E-state index < -0.39 is 21.9 Å². The number of halogens is 2. The van der Waals surface area contributed by atoms with Gasteiger partial charge in [0.2, 0.25) is 0 Å². The minimum atomic E-state index is -0.835. The molecule has 2 aromatic carbocycles. The van der Waals surface area contributed by atoms with Crippen molar-refractivity contribution in [3.63, 3.8) is 0 Å². The molecule has 5 rings (SSSR count). The summed E-state index contributed by atoms with van der Waals surface area (Å²) in [4.78, 5) is 16.6. The Labute approximate surface area is 176 Å². The number of para-hydroxylation sites is 1. The van der Waals surface area contributed by atoms with Crippen molar-refractivity contribution in [3.05, 3.63) is 95.3 Å². The first kappa shape index (κ1) is 19.0. The summed E-state index contributed by atoms with van der Waals surface area (Å²) in [5.41, 5.74) is 4.56. The second-order valence-corrected chi connectivity index (χ2v) is 8.43. The summed E-state index contributed by atoms with van der Waals surface area (Å²) in [6, 6.07) is 14.1. The lowest BCUT2D eigenvalue weighted by Gasteiger charge is -2.40. The van der Waals surface area contributed by atoms with Gasteiger partial charge < -0.3 is 4.74 Å². The Morgan fingerprint density at radius 3 is 2.80 bits per heavy atom. The van der Waals surface area contributed by atoms with E-state index in [-0.39, 0.29) is 11.5 Å². The van der Waals surface area contributed by atoms with Gasteiger partial charge in [-0.15, -0.1) is 11.8 Å². The number of ether oxygens (including phenoxy) is 1. The van der Waals surface area contributed by atoms with Gasteiger partial charge in [-0.05, 0) is 36.4 Å². The molecule has 5 nitrogen and oxygen atoms in total. The van der Waals surface area contributed by atoms with Crippen LogP contribution in [0.5, 0.6) is 5.75 Å². The van der Waals surface area contributed by atoms with Crippen LogP contribution in [0.3, 0.4) is 0 Å². The van der Waals surface area contributed by atoms with Crippen molar-refractivity contribution in [1.82, 2.24) is 15.4 Å². The van der Waals surface area contributed by atoms with Crippen LogP contribution in [0.25, 0.3) is 0 Å². The van der Waals surface area contributed by atoms with Crippen LogP contribution in [0, 0.1) is 11.6 Å². The van der Waals surface area contributed by atoms with E-state index in [1.807, 2.05) is 24.3 Å². The molecule has 1 spiro atoms. The lowest BCUT2D eigenvalue weighted by Crippen LogP contribution is -2.51. The number of pyridine rings is 1. The van der Waals surface area contributed by atoms with Crippen molar-refractivity contribution in [2.75, 3.05) is 6.61 Å². The second-order valence-electron chi connectivity index (χ2n) is 7.05. The molecule has 1 N–H and O–H groups in total. The molecule has 0 radical (unpaired) electrons. The molecule has 8 heteroatoms. The number of amides is 1. The maximum absolute atomic E-state index is 14.6. The monoisotopic (exact) mass is 425 g/mol. The highest BCUT2D eigenvalue weighted by Crippen LogP contribution is 2.57. The minimum Gasteiger partial charge on any atom is -0.493 e. The largest absolute Gasteiger partial charge is 0.493 e. The maximum Gasteiger partial charge on any atom is 0.269 e. The number of nitrogens with zero attached hydrogens (tertiary/aromatic N) is 2. The first-order valence-corrected chi connectivity index (χ1v) is 10.3. The van der Waals surface area contributed by atoms with E-state index in [1.165, 1.54) is 22.8 Å². The molecule has 0 aliphatic carbocycles. The number of fused-ring (bicyclic) bond motifs is 2. The van der Waals surface area contributed by atoms with Gasteiger partial charge in [-0.2, -0.15) is 0 Å². The molecule has 3 heterocycles. The molecule has 2 aliphatic heterocycles. The molecular formula is C22H17F2N3O2S. The number of rotatable bonds is 2. The summed E-state index contributed by atoms with van der Waals surface area (Å²) in [5.74, 6) is -0.670. The number of nitrogens with one attached hydrogen (secondary N) is 1. The van der Waals surface area contributed by atoms with Crippen molar-refractivity contribution in [3.8, 4) is 5.75 Å². The predicted octanol–water partition coefficient (Wildman–Crippen LogP) is 4.39. The Balaban J connectivity index is 1.63. The molecule has 3 aromatic rings. The van der Waals surface area contributed by atoms with Gasteiger partial charge in [-0.25, -0.2) is 14.2 Å². The Morgan fingerprint density at radius 2 is 1.97 bits per heavy atom. The molecule has 1 unspecified atom stereocenters. The lowest BCUT2D eigenvalue weighted by atomic mass is 9.98. The Bertz CT molecular complexity index is 1110. The van der Waals surface area contributed by atoms with Gasteiger partial charge >= 0.3 is 0 Å². The number of hydrazine groups is 1. The van der Waals surface area contributed by atoms with Crippen molar-refractivity contribution < 1.29 is 18.3 Å². The molecule has 0 saturated carbocycles. The molecule has 1 aromatic heterocycles. The summed E-state index contributed by atoms with van der Waals surface area (Å²) >= 11 is 1.38. The summed E-state index contributed by atoms with van der Waals surface area (Å²) in [7, 11) is 0. The molecule has 2 aliphatic rings. The van der Waals surface area contributed by atoms with Crippen LogP contribution >= 0.6 is 11.8 Å². The Morgan fingerprint density at radius 1 is 1.17 bits per heavy atom. The molecule has 2 atom stereocenters. The first-order valence-electron chi connectivity index (χ1n) is 9.44. The van der Waals surface area contributed by atoms with Crippen molar-refractivity contribution >= 4 is 17.7 Å². The zero-order valence-electron chi connectivity index (χ0n) is 15.7. The SMILES string of the molecule is O=C(c1ccncc1)N1N[C@@H](c2cc(F)ccc2F)SC12CCOc1ccccc12. The van der Waals surface area contributed by atoms with E-state index in [9.17, 15) is 13.6 Å². The summed E-state index contributed by atoms with van der Waals surface area (Å²) < 4.78 is 34.3. The topological polar surface area (TPSA) is 54.5 Å². The number of carbonyl (C=O) groups excluding carboxylic acids is 1. The smallest absolute Gasteiger partial charge is 0.269 e. The van der Waals surface area contributed by atoms with Crippen LogP contribution in [0.1, 0.15) is 33.3 Å². The fraction of sp³-hybridized carbons (Fsp3) is 0.182. The normalized spacial score (nSPS) is 22.6. The lowest BCUT2D eigenvalue weighted by molar-refractivity contribution is 0.0434. The Hall–Kier alpha value is -2.97. The van der Waals surface area contributed by atoms with Crippen molar-refractivity contribution in [2.24, 2.45) is 0 Å². The van der Waals surface area contributed by atoms with Gasteiger partial charge in [0.25, 0.3) is 5.91 Å². The molecule has 30 heavy (non-hydrogen) atoms. The number of carbonyl (C=O) groups is 1. The van der Waals surface area contributed by atoms with E-state index in [2.05, 4.69) is 10.4 Å². The highest BCUT2D eigenvalue weighted by atomic mass is 32.2. The van der Waals surface area contributed by atoms with Gasteiger partial charge in [0.05, 0.1) is 6.61 Å². The molecule has 152 valence electrons. The van der Waals surface area contributed by atoms with E-state index in [0.717, 1.165) is 17.7 Å². The average molecular weight is 425 g/mol. The van der Waals surface area contributed by atoms with E-state index in [1.54, 1.807) is 24.5 Å². The number of hydrogen-bond donors (Lipinski definition) is 1. The molecule has 1 fully saturated rings. The third-order valence-corrected chi connectivity index (χ3v) is 6.89. The third-order valence-electron chi connectivity index (χ3n) is 5.30. The van der Waals surface area contributed by atoms with E-state index in [0.29, 0.717) is 24.3 Å². The van der Waals surface area contributed by atoms with Crippen LogP contribution in [-0.2, 0) is 4.87 Å². The number of thioether (sulfide) groups is 1. The van der Waals surface area contributed by atoms with Gasteiger partial charge in [-0.3, -0.25) is 14.8 Å². The van der Waals surface area contributed by atoms with Gasteiger partial charge in [0, 0.05) is 35.5 Å². The third kappa shape index (κ3) is 3.03. The van der Waals surface area contributed by atoms with Gasteiger partial charge in [-0.1, -0.05) is 18.2 Å². The van der Waals surface area contributed by atoms with Crippen molar-refractivity contribution in [2.45, 2.75) is 16.7 Å². The zero-order chi connectivity index (χ0) is 20.7. The highest BCUT2D eigenvalue weighted by Gasteiger charge is 2.53. The second kappa shape index (κ2) is 7.37. The number of hydrogen-bond acceptors (Lipinski definition) is 5. The molecule has 1 saturated heterocycles. The predicted molar refractivity (Wildman–Crippen MR) is 108 cm³/mol. The van der Waals surface area contributed by atoms with E-state index >= 15 is 0 Å². The van der Waals surface area contributed by atoms with Crippen LogP contribution < -0.4 is 10.2 Å². The Kier molecular flexibility index (Phi) is 4.67. The fourth-order valence-corrected chi connectivity index (χ4v) is 5.49. The van der Waals surface area contributed by atoms with E-state index in [4.69, 9.17) is 4.74 Å². The summed E-state index contributed by atoms with van der Waals surface area (Å²) in [5, 5.41) is 0.876. The summed E-state index contributed by atoms with van der Waals surface area (Å²) in [6.45, 7) is 0.393. The number of benzene rings is 2. The maximum atomic E-state index is 14.6. The van der Waals surface area contributed by atoms with Crippen LogP contribution in [-0.4, -0.2) is 22.5 Å². The van der Waals surface area contributed by atoms with Crippen LogP contribution in [0.2, 0.25) is 0 Å².